The Bertz CT molecular complexity index is 600. The molecule has 2 aromatic rings. The van der Waals surface area contributed by atoms with Crippen LogP contribution < -0.4 is 0 Å². The number of nitrogens with one attached hydrogen (secondary N) is 1. The van der Waals surface area contributed by atoms with Crippen molar-refractivity contribution in [3.05, 3.63) is 39.2 Å². The predicted molar refractivity (Wildman–Crippen MR) is 63.7 cm³/mol. The van der Waals surface area contributed by atoms with Gasteiger partial charge in [0, 0.05) is 5.56 Å². The lowest BCUT2D eigenvalue weighted by molar-refractivity contribution is 0.0690. The van der Waals surface area contributed by atoms with Gasteiger partial charge in [-0.3, -0.25) is 5.10 Å². The fourth-order valence-electron chi connectivity index (χ4n) is 1.29. The van der Waals surface area contributed by atoms with Gasteiger partial charge < -0.3 is 5.11 Å². The summed E-state index contributed by atoms with van der Waals surface area (Å²) in [5, 5.41) is 14.7. The van der Waals surface area contributed by atoms with Gasteiger partial charge in [-0.1, -0.05) is 11.6 Å². The molecule has 7 heteroatoms. The summed E-state index contributed by atoms with van der Waals surface area (Å²) < 4.78 is 13.7. The molecule has 0 aliphatic rings. The fraction of sp³-hybridized carbons (Fsp3) is 0. The number of nitrogens with zero attached hydrogens (tertiary/aromatic N) is 1. The molecule has 0 aliphatic carbocycles. The smallest absolute Gasteiger partial charge is 0.353 e. The van der Waals surface area contributed by atoms with Gasteiger partial charge in [0.25, 0.3) is 0 Å². The van der Waals surface area contributed by atoms with E-state index in [1.807, 2.05) is 0 Å². The first-order valence-electron chi connectivity index (χ1n) is 4.43. The van der Waals surface area contributed by atoms with Crippen molar-refractivity contribution < 1.29 is 14.3 Å². The van der Waals surface area contributed by atoms with Gasteiger partial charge >= 0.3 is 5.97 Å². The lowest BCUT2D eigenvalue weighted by Gasteiger charge is -2.02. The molecule has 0 radical (unpaired) electrons. The van der Waals surface area contributed by atoms with Crippen LogP contribution in [0.15, 0.2) is 22.7 Å². The molecule has 0 atom stereocenters. The Morgan fingerprint density at radius 1 is 1.53 bits per heavy atom. The van der Waals surface area contributed by atoms with E-state index in [0.717, 1.165) is 0 Å². The third-order valence-corrected chi connectivity index (χ3v) is 3.10. The SMILES string of the molecule is O=C(O)c1cc(-c2ccc(Br)c(F)c2Cl)n[nH]1. The Kier molecular flexibility index (Phi) is 3.17. The van der Waals surface area contributed by atoms with Crippen molar-refractivity contribution in [1.82, 2.24) is 10.2 Å². The van der Waals surface area contributed by atoms with E-state index in [9.17, 15) is 9.18 Å². The molecule has 0 bridgehead atoms. The molecule has 2 N–H and O–H groups in total. The van der Waals surface area contributed by atoms with Gasteiger partial charge in [0.2, 0.25) is 0 Å². The second-order valence-electron chi connectivity index (χ2n) is 3.19. The van der Waals surface area contributed by atoms with Crippen LogP contribution >= 0.6 is 27.5 Å². The lowest BCUT2D eigenvalue weighted by Crippen LogP contribution is -1.95. The third kappa shape index (κ3) is 2.18. The number of aromatic carboxylic acids is 1. The summed E-state index contributed by atoms with van der Waals surface area (Å²) in [6.45, 7) is 0. The molecule has 0 spiro atoms. The Labute approximate surface area is 109 Å². The number of carboxylic acid groups (broad SMARTS) is 1. The van der Waals surface area contributed by atoms with Crippen LogP contribution in [0.25, 0.3) is 11.3 Å². The van der Waals surface area contributed by atoms with Crippen LogP contribution in [-0.4, -0.2) is 21.3 Å². The van der Waals surface area contributed by atoms with Crippen molar-refractivity contribution >= 4 is 33.5 Å². The van der Waals surface area contributed by atoms with Crippen molar-refractivity contribution in [1.29, 1.82) is 0 Å². The monoisotopic (exact) mass is 318 g/mol. The van der Waals surface area contributed by atoms with E-state index in [-0.39, 0.29) is 20.9 Å². The van der Waals surface area contributed by atoms with Crippen molar-refractivity contribution in [2.45, 2.75) is 0 Å². The third-order valence-electron chi connectivity index (χ3n) is 2.12. The Morgan fingerprint density at radius 2 is 2.24 bits per heavy atom. The molecule has 0 unspecified atom stereocenters. The summed E-state index contributed by atoms with van der Waals surface area (Å²) in [5.41, 5.74) is 0.523. The molecule has 1 aromatic heterocycles. The Morgan fingerprint density at radius 3 is 2.82 bits per heavy atom. The standard InChI is InChI=1S/C10H5BrClFN2O2/c11-5-2-1-4(8(12)9(5)13)6-3-7(10(16)17)15-14-6/h1-3H,(H,14,15)(H,16,17). The molecule has 17 heavy (non-hydrogen) atoms. The van der Waals surface area contributed by atoms with E-state index in [2.05, 4.69) is 26.1 Å². The number of carbonyl (C=O) groups is 1. The lowest BCUT2D eigenvalue weighted by atomic mass is 10.1. The molecule has 4 nitrogen and oxygen atoms in total. The summed E-state index contributed by atoms with van der Waals surface area (Å²) in [6, 6.07) is 4.32. The van der Waals surface area contributed by atoms with Crippen molar-refractivity contribution in [3.8, 4) is 11.3 Å². The zero-order valence-corrected chi connectivity index (χ0v) is 10.5. The van der Waals surface area contributed by atoms with E-state index in [1.165, 1.54) is 12.1 Å². The van der Waals surface area contributed by atoms with Crippen LogP contribution in [0.2, 0.25) is 5.02 Å². The highest BCUT2D eigenvalue weighted by Crippen LogP contribution is 2.32. The number of carboxylic acids is 1. The maximum absolute atomic E-state index is 13.5. The summed E-state index contributed by atoms with van der Waals surface area (Å²) in [4.78, 5) is 10.7. The highest BCUT2D eigenvalue weighted by molar-refractivity contribution is 9.10. The summed E-state index contributed by atoms with van der Waals surface area (Å²) >= 11 is 8.81. The molecule has 88 valence electrons. The molecule has 0 aliphatic heterocycles. The maximum Gasteiger partial charge on any atom is 0.353 e. The highest BCUT2D eigenvalue weighted by atomic mass is 79.9. The zero-order valence-electron chi connectivity index (χ0n) is 8.17. The van der Waals surface area contributed by atoms with Gasteiger partial charge in [-0.15, -0.1) is 0 Å². The molecule has 0 fully saturated rings. The van der Waals surface area contributed by atoms with E-state index in [0.29, 0.717) is 5.56 Å². The van der Waals surface area contributed by atoms with Crippen LogP contribution in [0.1, 0.15) is 10.5 Å². The predicted octanol–water partition coefficient (Wildman–Crippen LogP) is 3.33. The van der Waals surface area contributed by atoms with Crippen LogP contribution in [0.5, 0.6) is 0 Å². The maximum atomic E-state index is 13.5. The number of benzene rings is 1. The Hall–Kier alpha value is -1.40. The van der Waals surface area contributed by atoms with Crippen LogP contribution in [-0.2, 0) is 0 Å². The number of rotatable bonds is 2. The van der Waals surface area contributed by atoms with Crippen molar-refractivity contribution in [2.24, 2.45) is 0 Å². The fourth-order valence-corrected chi connectivity index (χ4v) is 2.00. The van der Waals surface area contributed by atoms with Gasteiger partial charge in [0.05, 0.1) is 15.2 Å². The van der Waals surface area contributed by atoms with E-state index in [4.69, 9.17) is 16.7 Å². The second kappa shape index (κ2) is 4.46. The molecule has 0 saturated carbocycles. The first-order valence-corrected chi connectivity index (χ1v) is 5.60. The number of hydrogen-bond donors (Lipinski definition) is 2. The first kappa shape index (κ1) is 12.1. The normalized spacial score (nSPS) is 10.5. The number of aromatic nitrogens is 2. The molecule has 0 amide bonds. The quantitative estimate of drug-likeness (QED) is 0.834. The van der Waals surface area contributed by atoms with E-state index < -0.39 is 11.8 Å². The highest BCUT2D eigenvalue weighted by Gasteiger charge is 2.15. The van der Waals surface area contributed by atoms with E-state index in [1.54, 1.807) is 6.07 Å². The number of aromatic amines is 1. The van der Waals surface area contributed by atoms with Gasteiger partial charge in [-0.25, -0.2) is 9.18 Å². The molecule has 2 rings (SSSR count). The molecule has 1 heterocycles. The molecular weight excluding hydrogens is 314 g/mol. The average molecular weight is 320 g/mol. The minimum Gasteiger partial charge on any atom is -0.477 e. The molecular formula is C10H5BrClFN2O2. The summed E-state index contributed by atoms with van der Waals surface area (Å²) in [7, 11) is 0. The second-order valence-corrected chi connectivity index (χ2v) is 4.43. The summed E-state index contributed by atoms with van der Waals surface area (Å²) in [5.74, 6) is -1.75. The Balaban J connectivity index is 2.53. The van der Waals surface area contributed by atoms with Crippen LogP contribution in [0.4, 0.5) is 4.39 Å². The zero-order chi connectivity index (χ0) is 12.6. The first-order chi connectivity index (χ1) is 8.00. The number of H-pyrrole nitrogens is 1. The van der Waals surface area contributed by atoms with Gasteiger partial charge in [-0.05, 0) is 34.1 Å². The van der Waals surface area contributed by atoms with Crippen molar-refractivity contribution in [2.75, 3.05) is 0 Å². The minimum atomic E-state index is -1.14. The summed E-state index contributed by atoms with van der Waals surface area (Å²) in [6.07, 6.45) is 0. The largest absolute Gasteiger partial charge is 0.477 e. The van der Waals surface area contributed by atoms with Crippen molar-refractivity contribution in [3.63, 3.8) is 0 Å². The van der Waals surface area contributed by atoms with Gasteiger partial charge in [-0.2, -0.15) is 5.10 Å². The molecule has 0 saturated heterocycles. The average Bonchev–Trinajstić information content (AvgIpc) is 2.75. The number of halogens is 3. The van der Waals surface area contributed by atoms with E-state index >= 15 is 0 Å². The number of hydrogen-bond acceptors (Lipinski definition) is 2. The minimum absolute atomic E-state index is 0.0839. The van der Waals surface area contributed by atoms with Crippen LogP contribution in [0, 0.1) is 5.82 Å². The van der Waals surface area contributed by atoms with Crippen LogP contribution in [0.3, 0.4) is 0 Å². The molecule has 1 aromatic carbocycles. The topological polar surface area (TPSA) is 66.0 Å². The van der Waals surface area contributed by atoms with Gasteiger partial charge in [0.15, 0.2) is 5.82 Å². The van der Waals surface area contributed by atoms with Gasteiger partial charge in [0.1, 0.15) is 5.69 Å².